The standard InChI is InChI=1S/C21H27FN2O3S2/c1-15-11-16(2)13-19(12-15)24(29(4,26)27)17(3)21(25)23-9-10-28-14-18-7-5-6-8-20(18)22/h5-8,11-13,17H,9-10,14H2,1-4H3,(H,23,25)/t17-/m1/s1. The van der Waals surface area contributed by atoms with Gasteiger partial charge in [0.2, 0.25) is 15.9 Å². The van der Waals surface area contributed by atoms with Crippen molar-refractivity contribution in [1.82, 2.24) is 5.32 Å². The molecule has 5 nitrogen and oxygen atoms in total. The second-order valence-corrected chi connectivity index (χ2v) is 9.98. The summed E-state index contributed by atoms with van der Waals surface area (Å²) in [7, 11) is -3.65. The summed E-state index contributed by atoms with van der Waals surface area (Å²) in [5, 5.41) is 2.78. The van der Waals surface area contributed by atoms with E-state index in [-0.39, 0.29) is 11.7 Å². The van der Waals surface area contributed by atoms with Crippen LogP contribution in [0.25, 0.3) is 0 Å². The molecule has 0 aromatic heterocycles. The Kier molecular flexibility index (Phi) is 8.10. The van der Waals surface area contributed by atoms with Crippen LogP contribution in [-0.2, 0) is 20.6 Å². The van der Waals surface area contributed by atoms with Gasteiger partial charge in [-0.2, -0.15) is 11.8 Å². The number of aryl methyl sites for hydroxylation is 2. The molecule has 2 aromatic rings. The number of rotatable bonds is 9. The number of carbonyl (C=O) groups excluding carboxylic acids is 1. The van der Waals surface area contributed by atoms with Gasteiger partial charge in [-0.05, 0) is 55.7 Å². The molecule has 0 aliphatic rings. The summed E-state index contributed by atoms with van der Waals surface area (Å²) in [5.74, 6) is 0.488. The normalized spacial score (nSPS) is 12.4. The first-order valence-electron chi connectivity index (χ1n) is 9.26. The minimum Gasteiger partial charge on any atom is -0.353 e. The maximum atomic E-state index is 13.6. The molecule has 0 spiro atoms. The van der Waals surface area contributed by atoms with E-state index in [2.05, 4.69) is 5.32 Å². The van der Waals surface area contributed by atoms with E-state index in [0.29, 0.717) is 29.3 Å². The summed E-state index contributed by atoms with van der Waals surface area (Å²) in [5.41, 5.74) is 2.94. The van der Waals surface area contributed by atoms with Crippen LogP contribution in [0.2, 0.25) is 0 Å². The van der Waals surface area contributed by atoms with E-state index in [1.54, 1.807) is 37.3 Å². The van der Waals surface area contributed by atoms with Crippen LogP contribution < -0.4 is 9.62 Å². The zero-order valence-electron chi connectivity index (χ0n) is 17.1. The van der Waals surface area contributed by atoms with Gasteiger partial charge in [0.05, 0.1) is 11.9 Å². The molecule has 1 atom stereocenters. The molecule has 1 amide bonds. The van der Waals surface area contributed by atoms with Crippen LogP contribution in [0.3, 0.4) is 0 Å². The fourth-order valence-corrected chi connectivity index (χ4v) is 5.08. The van der Waals surface area contributed by atoms with E-state index >= 15 is 0 Å². The summed E-state index contributed by atoms with van der Waals surface area (Å²) < 4.78 is 39.5. The van der Waals surface area contributed by atoms with Crippen LogP contribution in [0.4, 0.5) is 10.1 Å². The number of carbonyl (C=O) groups is 1. The van der Waals surface area contributed by atoms with Crippen molar-refractivity contribution in [2.24, 2.45) is 0 Å². The number of halogens is 1. The largest absolute Gasteiger partial charge is 0.353 e. The van der Waals surface area contributed by atoms with E-state index in [1.165, 1.54) is 17.8 Å². The molecular formula is C21H27FN2O3S2. The Morgan fingerprint density at radius 2 is 1.79 bits per heavy atom. The first kappa shape index (κ1) is 23.2. The number of anilines is 1. The van der Waals surface area contributed by atoms with Gasteiger partial charge >= 0.3 is 0 Å². The van der Waals surface area contributed by atoms with Crippen molar-refractivity contribution in [3.8, 4) is 0 Å². The van der Waals surface area contributed by atoms with Crippen molar-refractivity contribution in [2.45, 2.75) is 32.6 Å². The van der Waals surface area contributed by atoms with Crippen LogP contribution in [0.15, 0.2) is 42.5 Å². The van der Waals surface area contributed by atoms with E-state index < -0.39 is 16.1 Å². The first-order chi connectivity index (χ1) is 13.6. The number of nitrogens with one attached hydrogen (secondary N) is 1. The Bertz CT molecular complexity index is 944. The highest BCUT2D eigenvalue weighted by Gasteiger charge is 2.29. The molecule has 0 aliphatic heterocycles. The van der Waals surface area contributed by atoms with Crippen molar-refractivity contribution in [3.05, 3.63) is 65.0 Å². The van der Waals surface area contributed by atoms with Gasteiger partial charge in [-0.1, -0.05) is 24.3 Å². The highest BCUT2D eigenvalue weighted by molar-refractivity contribution is 7.98. The van der Waals surface area contributed by atoms with Crippen LogP contribution in [0.1, 0.15) is 23.6 Å². The summed E-state index contributed by atoms with van der Waals surface area (Å²) >= 11 is 1.50. The van der Waals surface area contributed by atoms with Crippen LogP contribution in [0, 0.1) is 19.7 Å². The van der Waals surface area contributed by atoms with E-state index in [0.717, 1.165) is 21.7 Å². The molecule has 2 aromatic carbocycles. The number of hydrogen-bond donors (Lipinski definition) is 1. The molecule has 29 heavy (non-hydrogen) atoms. The lowest BCUT2D eigenvalue weighted by molar-refractivity contribution is -0.121. The molecule has 0 aliphatic carbocycles. The Morgan fingerprint density at radius 3 is 2.38 bits per heavy atom. The second-order valence-electron chi connectivity index (χ2n) is 7.02. The Balaban J connectivity index is 1.96. The SMILES string of the molecule is Cc1cc(C)cc(N([C@H](C)C(=O)NCCSCc2ccccc2F)S(C)(=O)=O)c1. The number of thioether (sulfide) groups is 1. The lowest BCUT2D eigenvalue weighted by Gasteiger charge is -2.28. The molecule has 0 radical (unpaired) electrons. The highest BCUT2D eigenvalue weighted by Crippen LogP contribution is 2.24. The predicted molar refractivity (Wildman–Crippen MR) is 118 cm³/mol. The van der Waals surface area contributed by atoms with Gasteiger partial charge in [-0.3, -0.25) is 9.10 Å². The monoisotopic (exact) mass is 438 g/mol. The number of nitrogens with zero attached hydrogens (tertiary/aromatic N) is 1. The zero-order chi connectivity index (χ0) is 21.6. The summed E-state index contributed by atoms with van der Waals surface area (Å²) in [6, 6.07) is 11.2. The maximum Gasteiger partial charge on any atom is 0.243 e. The van der Waals surface area contributed by atoms with Gasteiger partial charge < -0.3 is 5.32 Å². The molecule has 1 N–H and O–H groups in total. The quantitative estimate of drug-likeness (QED) is 0.607. The minimum absolute atomic E-state index is 0.241. The molecule has 0 fully saturated rings. The molecule has 158 valence electrons. The number of benzene rings is 2. The molecular weight excluding hydrogens is 411 g/mol. The summed E-state index contributed by atoms with van der Waals surface area (Å²) in [4.78, 5) is 12.6. The number of amides is 1. The van der Waals surface area contributed by atoms with E-state index in [4.69, 9.17) is 0 Å². The number of hydrogen-bond acceptors (Lipinski definition) is 4. The fraction of sp³-hybridized carbons (Fsp3) is 0.381. The third-order valence-electron chi connectivity index (χ3n) is 4.31. The zero-order valence-corrected chi connectivity index (χ0v) is 18.7. The lowest BCUT2D eigenvalue weighted by Crippen LogP contribution is -2.48. The van der Waals surface area contributed by atoms with Gasteiger partial charge in [0, 0.05) is 18.1 Å². The van der Waals surface area contributed by atoms with Gasteiger partial charge in [-0.15, -0.1) is 0 Å². The molecule has 0 unspecified atom stereocenters. The summed E-state index contributed by atoms with van der Waals surface area (Å²) in [6.07, 6.45) is 1.10. The van der Waals surface area contributed by atoms with Gasteiger partial charge in [-0.25, -0.2) is 12.8 Å². The van der Waals surface area contributed by atoms with E-state index in [1.807, 2.05) is 19.9 Å². The Hall–Kier alpha value is -2.06. The average Bonchev–Trinajstić information content (AvgIpc) is 2.60. The molecule has 0 heterocycles. The van der Waals surface area contributed by atoms with Gasteiger partial charge in [0.1, 0.15) is 11.9 Å². The lowest BCUT2D eigenvalue weighted by atomic mass is 10.1. The molecule has 0 saturated heterocycles. The van der Waals surface area contributed by atoms with E-state index in [9.17, 15) is 17.6 Å². The van der Waals surface area contributed by atoms with Crippen molar-refractivity contribution in [1.29, 1.82) is 0 Å². The topological polar surface area (TPSA) is 66.5 Å². The van der Waals surface area contributed by atoms with Crippen LogP contribution in [-0.4, -0.2) is 38.9 Å². The molecule has 0 bridgehead atoms. The Morgan fingerprint density at radius 1 is 1.17 bits per heavy atom. The molecule has 8 heteroatoms. The van der Waals surface area contributed by atoms with Crippen molar-refractivity contribution < 1.29 is 17.6 Å². The van der Waals surface area contributed by atoms with Crippen molar-refractivity contribution in [2.75, 3.05) is 22.9 Å². The summed E-state index contributed by atoms with van der Waals surface area (Å²) in [6.45, 7) is 5.70. The molecule has 0 saturated carbocycles. The Labute approximate surface area is 176 Å². The van der Waals surface area contributed by atoms with Gasteiger partial charge in [0.25, 0.3) is 0 Å². The molecule has 2 rings (SSSR count). The fourth-order valence-electron chi connectivity index (χ4n) is 3.08. The highest BCUT2D eigenvalue weighted by atomic mass is 32.2. The minimum atomic E-state index is -3.65. The second kappa shape index (κ2) is 10.1. The third kappa shape index (κ3) is 6.75. The third-order valence-corrected chi connectivity index (χ3v) is 6.56. The van der Waals surface area contributed by atoms with Gasteiger partial charge in [0.15, 0.2) is 0 Å². The van der Waals surface area contributed by atoms with Crippen molar-refractivity contribution >= 4 is 33.4 Å². The van der Waals surface area contributed by atoms with Crippen LogP contribution >= 0.6 is 11.8 Å². The predicted octanol–water partition coefficient (Wildman–Crippen LogP) is 3.65. The smallest absolute Gasteiger partial charge is 0.243 e. The van der Waals surface area contributed by atoms with Crippen LogP contribution in [0.5, 0.6) is 0 Å². The number of sulfonamides is 1. The average molecular weight is 439 g/mol. The maximum absolute atomic E-state index is 13.6. The first-order valence-corrected chi connectivity index (χ1v) is 12.3. The van der Waals surface area contributed by atoms with Crippen molar-refractivity contribution in [3.63, 3.8) is 0 Å².